The van der Waals surface area contributed by atoms with E-state index in [4.69, 9.17) is 69.8 Å². The Bertz CT molecular complexity index is 7490. The summed E-state index contributed by atoms with van der Waals surface area (Å²) in [5.74, 6) is 0.945. The minimum Gasteiger partial charge on any atom is -0.321 e. The van der Waals surface area contributed by atoms with Crippen LogP contribution in [-0.4, -0.2) is 103 Å². The number of nitrogens with zero attached hydrogens (tertiary/aromatic N) is 14. The second-order valence-corrected chi connectivity index (χ2v) is 33.7. The Morgan fingerprint density at radius 1 is 0.202 bits per heavy atom. The third-order valence-corrected chi connectivity index (χ3v) is 25.4. The van der Waals surface area contributed by atoms with Gasteiger partial charge in [0.05, 0.1) is 44.1 Å². The van der Waals surface area contributed by atoms with E-state index in [1.54, 1.807) is 0 Å². The van der Waals surface area contributed by atoms with Gasteiger partial charge in [-0.2, -0.15) is 0 Å². The summed E-state index contributed by atoms with van der Waals surface area (Å²) in [4.78, 5) is 143. The van der Waals surface area contributed by atoms with Crippen molar-refractivity contribution in [3.05, 3.63) is 192 Å². The molecule has 0 radical (unpaired) electrons. The largest absolute Gasteiger partial charge is 0.321 e. The van der Waals surface area contributed by atoms with Gasteiger partial charge >= 0.3 is 0 Å². The second kappa shape index (κ2) is 32.5. The third-order valence-electron chi connectivity index (χ3n) is 25.4. The first-order chi connectivity index (χ1) is 61.0. The molecule has 7 aromatic heterocycles. The van der Waals surface area contributed by atoms with Gasteiger partial charge in [0.15, 0.2) is 69.0 Å². The van der Waals surface area contributed by atoms with Crippen molar-refractivity contribution < 1.29 is 19.2 Å². The molecule has 0 fully saturated rings. The number of benzene rings is 12. The normalized spacial score (nSPS) is 12.3. The van der Waals surface area contributed by atoms with Crippen LogP contribution in [0.5, 0.6) is 0 Å². The second-order valence-electron chi connectivity index (χ2n) is 33.7. The Labute approximate surface area is 712 Å². The summed E-state index contributed by atoms with van der Waals surface area (Å²) in [6.45, 7) is 8.78. The lowest BCUT2D eigenvalue weighted by Gasteiger charge is -2.12. The average molecular weight is 1630 g/mol. The van der Waals surface area contributed by atoms with Crippen molar-refractivity contribution in [1.29, 1.82) is 0 Å². The van der Waals surface area contributed by atoms with E-state index in [-0.39, 0.29) is 69.0 Å². The average Bonchev–Trinajstić information content (AvgIpc) is 1.50. The topological polar surface area (TPSA) is 280 Å². The lowest BCUT2D eigenvalue weighted by molar-refractivity contribution is 0.0971. The number of rotatable bonds is 28. The van der Waals surface area contributed by atoms with Crippen LogP contribution >= 0.6 is 0 Å². The van der Waals surface area contributed by atoms with Gasteiger partial charge < -0.3 is 9.97 Å². The van der Waals surface area contributed by atoms with Gasteiger partial charge in [-0.3, -0.25) is 19.2 Å². The number of aromatic nitrogens is 16. The van der Waals surface area contributed by atoms with Crippen LogP contribution in [0.2, 0.25) is 0 Å². The molecule has 0 unspecified atom stereocenters. The van der Waals surface area contributed by atoms with Crippen LogP contribution in [0, 0.1) is 0 Å². The zero-order valence-electron chi connectivity index (χ0n) is 70.0. The van der Waals surface area contributed by atoms with Crippen molar-refractivity contribution in [2.75, 3.05) is 0 Å². The molecular formula is C104H90N16O4. The number of Topliss-reactive ketones (excluding diaryl/α,β-unsaturated/α-hetero) is 4. The van der Waals surface area contributed by atoms with E-state index in [1.165, 1.54) is 0 Å². The van der Waals surface area contributed by atoms with Gasteiger partial charge in [-0.1, -0.05) is 276 Å². The lowest BCUT2D eigenvalue weighted by atomic mass is 9.95. The van der Waals surface area contributed by atoms with E-state index in [0.29, 0.717) is 137 Å². The molecule has 8 bridgehead atoms. The number of carbonyl (C=O) groups is 4. The summed E-state index contributed by atoms with van der Waals surface area (Å²) in [7, 11) is 0. The highest BCUT2D eigenvalue weighted by atomic mass is 16.1. The fourth-order valence-electron chi connectivity index (χ4n) is 18.9. The lowest BCUT2D eigenvalue weighted by Crippen LogP contribution is -2.00. The summed E-state index contributed by atoms with van der Waals surface area (Å²) in [5.41, 5.74) is 10.7. The fourth-order valence-corrected chi connectivity index (χ4v) is 18.9. The van der Waals surface area contributed by atoms with Gasteiger partial charge in [0, 0.05) is 91.0 Å². The first-order valence-corrected chi connectivity index (χ1v) is 44.6. The molecule has 0 spiro atoms. The molecule has 21 rings (SSSR count). The number of hydrogen-bond donors (Lipinski definition) is 2. The Morgan fingerprint density at radius 2 is 0.403 bits per heavy atom. The Kier molecular flexibility index (Phi) is 20.3. The summed E-state index contributed by atoms with van der Waals surface area (Å²) in [6, 6.07) is 56.0. The maximum absolute atomic E-state index is 14.2. The molecule has 20 nitrogen and oxygen atoms in total. The molecule has 2 N–H and O–H groups in total. The first kappa shape index (κ1) is 77.4. The zero-order valence-corrected chi connectivity index (χ0v) is 70.0. The van der Waals surface area contributed by atoms with Crippen molar-refractivity contribution in [2.45, 2.75) is 182 Å². The van der Waals surface area contributed by atoms with E-state index < -0.39 is 0 Å². The van der Waals surface area contributed by atoms with Crippen LogP contribution in [0.25, 0.3) is 221 Å². The Balaban J connectivity index is 0.857. The molecule has 0 saturated carbocycles. The summed E-state index contributed by atoms with van der Waals surface area (Å²) < 4.78 is 0. The highest BCUT2D eigenvalue weighted by Gasteiger charge is 2.32. The minimum absolute atomic E-state index is 0.0910. The van der Waals surface area contributed by atoms with Crippen molar-refractivity contribution >= 4 is 198 Å². The van der Waals surface area contributed by atoms with E-state index in [1.807, 2.05) is 146 Å². The smallest absolute Gasteiger partial charge is 0.184 e. The molecule has 610 valence electrons. The van der Waals surface area contributed by atoms with Crippen molar-refractivity contribution in [3.8, 4) is 46.1 Å². The molecular weight excluding hydrogens is 1540 g/mol. The van der Waals surface area contributed by atoms with E-state index in [0.717, 1.165) is 215 Å². The third kappa shape index (κ3) is 13.6. The number of aromatic amines is 2. The highest BCUT2D eigenvalue weighted by molar-refractivity contribution is 6.29. The summed E-state index contributed by atoms with van der Waals surface area (Å²) >= 11 is 0. The van der Waals surface area contributed by atoms with Crippen LogP contribution in [0.1, 0.15) is 223 Å². The number of carbonyl (C=O) groups excluding carboxylic acids is 4. The van der Waals surface area contributed by atoms with Crippen molar-refractivity contribution in [1.82, 2.24) is 79.7 Å². The number of hydrogen-bond acceptors (Lipinski definition) is 18. The molecule has 2 aliphatic rings. The number of ketones is 4. The number of H-pyrrole nitrogens is 2. The molecule has 2 aliphatic heterocycles. The van der Waals surface area contributed by atoms with Crippen molar-refractivity contribution in [2.24, 2.45) is 0 Å². The molecule has 0 aliphatic carbocycles. The van der Waals surface area contributed by atoms with Crippen LogP contribution in [0.4, 0.5) is 0 Å². The molecule has 9 heterocycles. The monoisotopic (exact) mass is 1630 g/mol. The predicted molar refractivity (Wildman–Crippen MR) is 499 cm³/mol. The minimum atomic E-state index is 0.0910. The SMILES string of the molecule is CCCCCCCC(=O)c1ccc2c(c1)c1ccccc1c1nc3c(nc21)-c1nc-3nc2[nH]c(nc3nc(nc4[nH]c(n1)c1nc5c6ccccc6c6cc(C(=O)CCCCCCC)ccc6c5nc41)-c1nc4c5ccccc5c5cc(C(=O)CCCCCCC)ccc5c4nc1-3)c1nc3c4ccccc4c4cc(C(=O)CCCCCCC)ccc4c3nc21. The van der Waals surface area contributed by atoms with Gasteiger partial charge in [-0.15, -0.1) is 0 Å². The van der Waals surface area contributed by atoms with E-state index >= 15 is 0 Å². The fraction of sp³-hybridized carbons (Fsp3) is 0.269. The Hall–Kier alpha value is -13.9. The van der Waals surface area contributed by atoms with Crippen LogP contribution in [-0.2, 0) is 0 Å². The van der Waals surface area contributed by atoms with Crippen LogP contribution in [0.3, 0.4) is 0 Å². The van der Waals surface area contributed by atoms with Gasteiger partial charge in [-0.05, 0) is 93.0 Å². The molecule has 0 amide bonds. The van der Waals surface area contributed by atoms with Gasteiger partial charge in [0.2, 0.25) is 0 Å². The van der Waals surface area contributed by atoms with Gasteiger partial charge in [0.1, 0.15) is 44.8 Å². The molecule has 19 aromatic rings. The number of fused-ring (bicyclic) bond motifs is 44. The molecule has 0 atom stereocenters. The summed E-state index contributed by atoms with van der Waals surface area (Å²) in [5, 5.41) is 13.4. The maximum atomic E-state index is 14.2. The molecule has 124 heavy (non-hydrogen) atoms. The van der Waals surface area contributed by atoms with Crippen LogP contribution < -0.4 is 0 Å². The summed E-state index contributed by atoms with van der Waals surface area (Å²) in [6.07, 6.45) is 22.5. The van der Waals surface area contributed by atoms with Gasteiger partial charge in [-0.25, -0.2) is 69.8 Å². The standard InChI is InChI=1S/C104H90N16O4/c1-5-9-13-17-21-41-77(121)57-45-49-69-73(53-57)61-33-25-29-37-65(61)81-85(69)109-93-89(105-81)97-113-101(93)117-98-90-94(110-86-70-50-46-58(78(122)42-22-18-14-10-6-2)54-74(70)62-34-26-30-38-66(62)82(86)106-90)103(114-98)119-100-92-96(112-88-72-52-48-60(80(124)44-24-20-16-12-8-4)56-76(72)64-36-28-32-40-68(64)84(88)108-92)104(116-100)120-99-91-95(102(115-99)118-97)111-87-71-51-47-59(79(123)43-23-19-15-11-7-3)55-75(71)63-35-27-31-39-67(63)83(87)107-91/h25-40,45-56H,5-24,41-44H2,1-4H3,(H2,113,114,115,116,117,118,119,120). The Morgan fingerprint density at radius 3 is 0.629 bits per heavy atom. The van der Waals surface area contributed by atoms with E-state index in [2.05, 4.69) is 61.9 Å². The molecule has 20 heteroatoms. The van der Waals surface area contributed by atoms with Gasteiger partial charge in [0.25, 0.3) is 0 Å². The van der Waals surface area contributed by atoms with Crippen LogP contribution in [0.15, 0.2) is 170 Å². The quantitative estimate of drug-likeness (QED) is 0.0262. The first-order valence-electron chi connectivity index (χ1n) is 44.6. The highest BCUT2D eigenvalue weighted by Crippen LogP contribution is 2.45. The van der Waals surface area contributed by atoms with Crippen molar-refractivity contribution in [3.63, 3.8) is 0 Å². The zero-order chi connectivity index (χ0) is 83.8. The van der Waals surface area contributed by atoms with E-state index in [9.17, 15) is 19.2 Å². The number of unbranched alkanes of at least 4 members (excludes halogenated alkanes) is 16. The molecule has 0 saturated heterocycles. The molecule has 12 aromatic carbocycles. The number of nitrogens with one attached hydrogen (secondary N) is 2. The maximum Gasteiger partial charge on any atom is 0.184 e. The predicted octanol–water partition coefficient (Wildman–Crippen LogP) is 26.0.